The molecular formula is C10H11N5O2S2. The smallest absolute Gasteiger partial charge is 0.264 e. The number of nitrogens with zero attached hydrogens (tertiary/aromatic N) is 2. The average Bonchev–Trinajstić information content (AvgIpc) is 2.27. The molecule has 2 aromatic rings. The molecule has 0 bridgehead atoms. The molecule has 0 radical (unpaired) electrons. The maximum Gasteiger partial charge on any atom is 0.264 e. The van der Waals surface area contributed by atoms with Gasteiger partial charge in [-0.15, -0.1) is 0 Å². The predicted molar refractivity (Wildman–Crippen MR) is 73.6 cm³/mol. The maximum absolute atomic E-state index is 12.1. The minimum atomic E-state index is -3.74. The van der Waals surface area contributed by atoms with E-state index >= 15 is 0 Å². The largest absolute Gasteiger partial charge is 0.369 e. The number of sulfonamides is 1. The van der Waals surface area contributed by atoms with Crippen LogP contribution in [0.25, 0.3) is 0 Å². The van der Waals surface area contributed by atoms with Crippen molar-refractivity contribution in [2.24, 2.45) is 0 Å². The molecule has 1 heterocycles. The third-order valence-electron chi connectivity index (χ3n) is 2.23. The van der Waals surface area contributed by atoms with Gasteiger partial charge in [-0.25, -0.2) is 13.1 Å². The molecule has 0 saturated heterocycles. The van der Waals surface area contributed by atoms with Crippen LogP contribution in [0, 0.1) is 11.7 Å². The number of hydrogen-bond acceptors (Lipinski definition) is 6. The van der Waals surface area contributed by atoms with Crippen molar-refractivity contribution in [3.63, 3.8) is 0 Å². The zero-order chi connectivity index (χ0) is 14.0. The van der Waals surface area contributed by atoms with E-state index in [4.69, 9.17) is 18.0 Å². The summed E-state index contributed by atoms with van der Waals surface area (Å²) in [4.78, 5) is 9.98. The molecule has 9 heteroatoms. The maximum atomic E-state index is 12.1. The van der Waals surface area contributed by atoms with E-state index in [0.717, 1.165) is 5.56 Å². The van der Waals surface area contributed by atoms with Gasteiger partial charge < -0.3 is 5.73 Å². The van der Waals surface area contributed by atoms with Crippen LogP contribution in [0.5, 0.6) is 0 Å². The first-order chi connectivity index (χ1) is 8.87. The van der Waals surface area contributed by atoms with Gasteiger partial charge in [0.15, 0.2) is 0 Å². The minimum absolute atomic E-state index is 0.0124. The molecule has 1 aromatic carbocycles. The molecule has 4 N–H and O–H groups in total. The van der Waals surface area contributed by atoms with Gasteiger partial charge in [-0.05, 0) is 31.3 Å². The highest BCUT2D eigenvalue weighted by molar-refractivity contribution is 7.92. The number of rotatable bonds is 3. The Morgan fingerprint density at radius 1 is 1.26 bits per heavy atom. The lowest BCUT2D eigenvalue weighted by Gasteiger charge is -2.07. The Hall–Kier alpha value is -2.00. The molecule has 0 unspecified atom stereocenters. The quantitative estimate of drug-likeness (QED) is 0.734. The molecule has 0 amide bonds. The zero-order valence-corrected chi connectivity index (χ0v) is 11.5. The first-order valence-corrected chi connectivity index (χ1v) is 7.09. The lowest BCUT2D eigenvalue weighted by molar-refractivity contribution is 0.600. The second-order valence-corrected chi connectivity index (χ2v) is 5.83. The van der Waals surface area contributed by atoms with Crippen LogP contribution >= 0.6 is 12.2 Å². The van der Waals surface area contributed by atoms with E-state index in [-0.39, 0.29) is 21.6 Å². The number of aryl methyl sites for hydroxylation is 1. The van der Waals surface area contributed by atoms with Gasteiger partial charge in [-0.2, -0.15) is 9.97 Å². The summed E-state index contributed by atoms with van der Waals surface area (Å²) >= 11 is 4.75. The summed E-state index contributed by atoms with van der Waals surface area (Å²) < 4.78 is 26.3. The Morgan fingerprint density at radius 3 is 2.47 bits per heavy atom. The topological polar surface area (TPSA) is 114 Å². The van der Waals surface area contributed by atoms with Gasteiger partial charge in [0.05, 0.1) is 4.90 Å². The van der Waals surface area contributed by atoms with Gasteiger partial charge in [-0.3, -0.25) is 4.98 Å². The van der Waals surface area contributed by atoms with Crippen molar-refractivity contribution in [3.05, 3.63) is 34.6 Å². The number of hydrogen-bond donors (Lipinski definition) is 3. The molecular weight excluding hydrogens is 286 g/mol. The van der Waals surface area contributed by atoms with Crippen LogP contribution in [0.1, 0.15) is 5.56 Å². The third-order valence-corrected chi connectivity index (χ3v) is 3.77. The molecule has 1 aromatic heterocycles. The minimum Gasteiger partial charge on any atom is -0.369 e. The van der Waals surface area contributed by atoms with Gasteiger partial charge in [-0.1, -0.05) is 17.7 Å². The first-order valence-electron chi connectivity index (χ1n) is 5.20. The summed E-state index contributed by atoms with van der Waals surface area (Å²) in [7, 11) is -3.74. The SMILES string of the molecule is Cc1ccc(S(=O)(=O)Nc2nc(=S)nc(N)[nH]2)cc1. The van der Waals surface area contributed by atoms with Crippen molar-refractivity contribution in [1.29, 1.82) is 0 Å². The fraction of sp³-hybridized carbons (Fsp3) is 0.100. The van der Waals surface area contributed by atoms with Crippen molar-refractivity contribution >= 4 is 34.1 Å². The first kappa shape index (κ1) is 13.4. The van der Waals surface area contributed by atoms with E-state index in [0.29, 0.717) is 0 Å². The van der Waals surface area contributed by atoms with Gasteiger partial charge >= 0.3 is 0 Å². The van der Waals surface area contributed by atoms with Gasteiger partial charge in [0.25, 0.3) is 10.0 Å². The lowest BCUT2D eigenvalue weighted by Crippen LogP contribution is -2.16. The number of benzene rings is 1. The summed E-state index contributed by atoms with van der Waals surface area (Å²) in [5.41, 5.74) is 6.39. The number of anilines is 2. The molecule has 2 rings (SSSR count). The Labute approximate surface area is 115 Å². The van der Waals surface area contributed by atoms with Crippen LogP contribution in [-0.2, 0) is 10.0 Å². The highest BCUT2D eigenvalue weighted by Gasteiger charge is 2.15. The van der Waals surface area contributed by atoms with Crippen LogP contribution in [-0.4, -0.2) is 23.4 Å². The number of nitrogen functional groups attached to an aromatic ring is 1. The third kappa shape index (κ3) is 3.26. The summed E-state index contributed by atoms with van der Waals surface area (Å²) in [6.07, 6.45) is 0. The van der Waals surface area contributed by atoms with Crippen molar-refractivity contribution < 1.29 is 8.42 Å². The van der Waals surface area contributed by atoms with Crippen LogP contribution in [0.3, 0.4) is 0 Å². The summed E-state index contributed by atoms with van der Waals surface area (Å²) in [6, 6.07) is 6.39. The standard InChI is InChI=1S/C10H11N5O2S2/c1-6-2-4-7(5-3-6)19(16,17)15-9-12-8(11)13-10(18)14-9/h2-5H,1H3,(H4,11,12,13,14,15,18). The molecule has 0 saturated carbocycles. The summed E-state index contributed by atoms with van der Waals surface area (Å²) in [5, 5.41) is 0. The molecule has 0 atom stereocenters. The number of aromatic amines is 1. The molecule has 0 fully saturated rings. The van der Waals surface area contributed by atoms with Crippen molar-refractivity contribution in [3.8, 4) is 0 Å². The normalized spacial score (nSPS) is 11.2. The number of aromatic nitrogens is 3. The fourth-order valence-electron chi connectivity index (χ4n) is 1.35. The van der Waals surface area contributed by atoms with Crippen molar-refractivity contribution in [2.45, 2.75) is 11.8 Å². The van der Waals surface area contributed by atoms with E-state index in [9.17, 15) is 8.42 Å². The van der Waals surface area contributed by atoms with E-state index < -0.39 is 10.0 Å². The number of H-pyrrole nitrogens is 1. The zero-order valence-electron chi connectivity index (χ0n) is 9.91. The molecule has 7 nitrogen and oxygen atoms in total. The second-order valence-electron chi connectivity index (χ2n) is 3.78. The van der Waals surface area contributed by atoms with Crippen LogP contribution < -0.4 is 10.5 Å². The molecule has 0 aliphatic heterocycles. The molecule has 19 heavy (non-hydrogen) atoms. The summed E-state index contributed by atoms with van der Waals surface area (Å²) in [6.45, 7) is 1.87. The Bertz CT molecular complexity index is 752. The lowest BCUT2D eigenvalue weighted by atomic mass is 10.2. The van der Waals surface area contributed by atoms with E-state index in [1.54, 1.807) is 12.1 Å². The molecule has 0 aliphatic carbocycles. The van der Waals surface area contributed by atoms with E-state index in [2.05, 4.69) is 19.7 Å². The fourth-order valence-corrected chi connectivity index (χ4v) is 2.51. The summed E-state index contributed by atoms with van der Waals surface area (Å²) in [5.74, 6) is -0.0836. The van der Waals surface area contributed by atoms with Gasteiger partial charge in [0, 0.05) is 0 Å². The van der Waals surface area contributed by atoms with Gasteiger partial charge in [0.1, 0.15) is 0 Å². The highest BCUT2D eigenvalue weighted by atomic mass is 32.2. The number of nitrogens with two attached hydrogens (primary N) is 1. The van der Waals surface area contributed by atoms with Crippen molar-refractivity contribution in [2.75, 3.05) is 10.5 Å². The Balaban J connectivity index is 2.36. The molecule has 0 aliphatic rings. The monoisotopic (exact) mass is 297 g/mol. The van der Waals surface area contributed by atoms with E-state index in [1.807, 2.05) is 6.92 Å². The van der Waals surface area contributed by atoms with Crippen LogP contribution in [0.4, 0.5) is 11.9 Å². The van der Waals surface area contributed by atoms with Crippen molar-refractivity contribution in [1.82, 2.24) is 15.0 Å². The molecule has 0 spiro atoms. The molecule has 100 valence electrons. The Kier molecular flexibility index (Phi) is 3.49. The Morgan fingerprint density at radius 2 is 1.89 bits per heavy atom. The van der Waals surface area contributed by atoms with Crippen LogP contribution in [0.15, 0.2) is 29.2 Å². The van der Waals surface area contributed by atoms with Crippen LogP contribution in [0.2, 0.25) is 0 Å². The second kappa shape index (κ2) is 4.94. The highest BCUT2D eigenvalue weighted by Crippen LogP contribution is 2.13. The number of nitrogens with one attached hydrogen (secondary N) is 2. The van der Waals surface area contributed by atoms with Gasteiger partial charge in [0.2, 0.25) is 16.7 Å². The predicted octanol–water partition coefficient (Wildman–Crippen LogP) is 1.23. The average molecular weight is 297 g/mol. The van der Waals surface area contributed by atoms with E-state index in [1.165, 1.54) is 12.1 Å².